The van der Waals surface area contributed by atoms with Crippen LogP contribution < -0.4 is 5.32 Å². The first-order chi connectivity index (χ1) is 8.22. The Balaban J connectivity index is 1.93. The van der Waals surface area contributed by atoms with Gasteiger partial charge in [-0.2, -0.15) is 0 Å². The first kappa shape index (κ1) is 12.9. The third kappa shape index (κ3) is 3.21. The van der Waals surface area contributed by atoms with Crippen LogP contribution in [0.2, 0.25) is 5.02 Å². The van der Waals surface area contributed by atoms with Gasteiger partial charge in [0.25, 0.3) is 0 Å². The molecule has 0 radical (unpaired) electrons. The van der Waals surface area contributed by atoms with Crippen molar-refractivity contribution in [1.82, 2.24) is 5.32 Å². The number of hydrogen-bond acceptors (Lipinski definition) is 2. The summed E-state index contributed by atoms with van der Waals surface area (Å²) < 4.78 is 5.30. The summed E-state index contributed by atoms with van der Waals surface area (Å²) in [5.74, 6) is 0. The van der Waals surface area contributed by atoms with E-state index >= 15 is 0 Å². The van der Waals surface area contributed by atoms with Crippen LogP contribution in [0.5, 0.6) is 0 Å². The Morgan fingerprint density at radius 3 is 2.82 bits per heavy atom. The molecule has 17 heavy (non-hydrogen) atoms. The van der Waals surface area contributed by atoms with Crippen molar-refractivity contribution in [3.8, 4) is 0 Å². The zero-order chi connectivity index (χ0) is 12.3. The maximum Gasteiger partial charge on any atom is 0.0601 e. The second kappa shape index (κ2) is 5.85. The van der Waals surface area contributed by atoms with E-state index in [4.69, 9.17) is 16.3 Å². The summed E-state index contributed by atoms with van der Waals surface area (Å²) >= 11 is 6.03. The van der Waals surface area contributed by atoms with Crippen molar-refractivity contribution in [1.29, 1.82) is 0 Å². The molecule has 0 aliphatic heterocycles. The van der Waals surface area contributed by atoms with Gasteiger partial charge in [-0.25, -0.2) is 0 Å². The second-order valence-corrected chi connectivity index (χ2v) is 5.14. The van der Waals surface area contributed by atoms with Gasteiger partial charge < -0.3 is 10.1 Å². The van der Waals surface area contributed by atoms with Crippen LogP contribution in [0.15, 0.2) is 24.3 Å². The maximum absolute atomic E-state index is 6.03. The van der Waals surface area contributed by atoms with Gasteiger partial charge in [0, 0.05) is 24.2 Å². The zero-order valence-electron chi connectivity index (χ0n) is 10.4. The molecular formula is C14H20ClNO. The predicted octanol–water partition coefficient (Wildman–Crippen LogP) is 3.56. The van der Waals surface area contributed by atoms with Crippen molar-refractivity contribution in [2.45, 2.75) is 44.4 Å². The molecule has 1 aromatic rings. The molecular weight excluding hydrogens is 234 g/mol. The molecule has 1 aliphatic rings. The summed E-state index contributed by atoms with van der Waals surface area (Å²) in [6.45, 7) is 2.20. The van der Waals surface area contributed by atoms with E-state index in [1.807, 2.05) is 12.1 Å². The summed E-state index contributed by atoms with van der Waals surface area (Å²) in [6, 6.07) is 9.11. The standard InChI is InChI=1S/C14H20ClNO/c1-3-14(10-5-4-6-11(15)7-10)16-12-8-13(9-12)17-2/h4-7,12-14,16H,3,8-9H2,1-2H3. The van der Waals surface area contributed by atoms with Gasteiger partial charge in [-0.1, -0.05) is 30.7 Å². The molecule has 1 aromatic carbocycles. The summed E-state index contributed by atoms with van der Waals surface area (Å²) in [7, 11) is 1.79. The van der Waals surface area contributed by atoms with Gasteiger partial charge in [0.2, 0.25) is 0 Å². The van der Waals surface area contributed by atoms with E-state index in [2.05, 4.69) is 24.4 Å². The molecule has 0 spiro atoms. The first-order valence-electron chi connectivity index (χ1n) is 6.27. The summed E-state index contributed by atoms with van der Waals surface area (Å²) in [5.41, 5.74) is 1.28. The third-order valence-electron chi connectivity index (χ3n) is 3.52. The minimum atomic E-state index is 0.400. The average Bonchev–Trinajstić information content (AvgIpc) is 2.28. The lowest BCUT2D eigenvalue weighted by Crippen LogP contribution is -2.46. The minimum Gasteiger partial charge on any atom is -0.381 e. The van der Waals surface area contributed by atoms with Crippen molar-refractivity contribution in [3.63, 3.8) is 0 Å². The molecule has 94 valence electrons. The summed E-state index contributed by atoms with van der Waals surface area (Å²) in [6.07, 6.45) is 3.76. The van der Waals surface area contributed by atoms with E-state index in [0.717, 1.165) is 24.3 Å². The van der Waals surface area contributed by atoms with Crippen LogP contribution in [-0.2, 0) is 4.74 Å². The van der Waals surface area contributed by atoms with Crippen LogP contribution in [0.4, 0.5) is 0 Å². The number of methoxy groups -OCH3 is 1. The Labute approximate surface area is 108 Å². The molecule has 2 rings (SSSR count). The Morgan fingerprint density at radius 1 is 1.47 bits per heavy atom. The zero-order valence-corrected chi connectivity index (χ0v) is 11.2. The molecule has 0 bridgehead atoms. The van der Waals surface area contributed by atoms with Crippen LogP contribution >= 0.6 is 11.6 Å². The number of nitrogens with one attached hydrogen (secondary N) is 1. The second-order valence-electron chi connectivity index (χ2n) is 4.71. The van der Waals surface area contributed by atoms with Crippen LogP contribution in [0.25, 0.3) is 0 Å². The Kier molecular flexibility index (Phi) is 4.43. The Hall–Kier alpha value is -0.570. The molecule has 1 fully saturated rings. The van der Waals surface area contributed by atoms with Crippen molar-refractivity contribution in [2.75, 3.05) is 7.11 Å². The van der Waals surface area contributed by atoms with Gasteiger partial charge >= 0.3 is 0 Å². The highest BCUT2D eigenvalue weighted by Gasteiger charge is 2.30. The number of hydrogen-bond donors (Lipinski definition) is 1. The van der Waals surface area contributed by atoms with Crippen LogP contribution in [0.3, 0.4) is 0 Å². The van der Waals surface area contributed by atoms with Crippen LogP contribution in [-0.4, -0.2) is 19.3 Å². The molecule has 1 unspecified atom stereocenters. The lowest BCUT2D eigenvalue weighted by molar-refractivity contribution is 0.0139. The van der Waals surface area contributed by atoms with E-state index in [1.54, 1.807) is 7.11 Å². The maximum atomic E-state index is 6.03. The Bertz CT molecular complexity index is 363. The predicted molar refractivity (Wildman–Crippen MR) is 71.4 cm³/mol. The Morgan fingerprint density at radius 2 is 2.24 bits per heavy atom. The minimum absolute atomic E-state index is 0.400. The van der Waals surface area contributed by atoms with E-state index in [1.165, 1.54) is 5.56 Å². The smallest absolute Gasteiger partial charge is 0.0601 e. The van der Waals surface area contributed by atoms with Gasteiger partial charge in [0.1, 0.15) is 0 Å². The fraction of sp³-hybridized carbons (Fsp3) is 0.571. The summed E-state index contributed by atoms with van der Waals surface area (Å²) in [5, 5.41) is 4.48. The highest BCUT2D eigenvalue weighted by atomic mass is 35.5. The fourth-order valence-corrected chi connectivity index (χ4v) is 2.55. The van der Waals surface area contributed by atoms with Gasteiger partial charge in [-0.3, -0.25) is 0 Å². The average molecular weight is 254 g/mol. The monoisotopic (exact) mass is 253 g/mol. The van der Waals surface area contributed by atoms with Crippen molar-refractivity contribution in [2.24, 2.45) is 0 Å². The van der Waals surface area contributed by atoms with Gasteiger partial charge in [0.05, 0.1) is 6.10 Å². The lowest BCUT2D eigenvalue weighted by Gasteiger charge is -2.37. The molecule has 0 aromatic heterocycles. The molecule has 0 amide bonds. The molecule has 1 atom stereocenters. The van der Waals surface area contributed by atoms with Crippen LogP contribution in [0.1, 0.15) is 37.8 Å². The molecule has 1 N–H and O–H groups in total. The fourth-order valence-electron chi connectivity index (χ4n) is 2.35. The number of ether oxygens (including phenoxy) is 1. The van der Waals surface area contributed by atoms with E-state index < -0.39 is 0 Å². The number of benzene rings is 1. The van der Waals surface area contributed by atoms with E-state index in [0.29, 0.717) is 18.2 Å². The van der Waals surface area contributed by atoms with Crippen LogP contribution in [0, 0.1) is 0 Å². The third-order valence-corrected chi connectivity index (χ3v) is 3.76. The molecule has 0 saturated heterocycles. The largest absolute Gasteiger partial charge is 0.381 e. The first-order valence-corrected chi connectivity index (χ1v) is 6.65. The number of halogens is 1. The summed E-state index contributed by atoms with van der Waals surface area (Å²) in [4.78, 5) is 0. The van der Waals surface area contributed by atoms with E-state index in [-0.39, 0.29) is 0 Å². The van der Waals surface area contributed by atoms with Gasteiger partial charge in [0.15, 0.2) is 0 Å². The molecule has 1 saturated carbocycles. The van der Waals surface area contributed by atoms with E-state index in [9.17, 15) is 0 Å². The molecule has 2 nitrogen and oxygen atoms in total. The van der Waals surface area contributed by atoms with Crippen molar-refractivity contribution in [3.05, 3.63) is 34.9 Å². The molecule has 0 heterocycles. The van der Waals surface area contributed by atoms with Gasteiger partial charge in [-0.15, -0.1) is 0 Å². The highest BCUT2D eigenvalue weighted by Crippen LogP contribution is 2.27. The number of rotatable bonds is 5. The quantitative estimate of drug-likeness (QED) is 0.867. The van der Waals surface area contributed by atoms with Crippen molar-refractivity contribution >= 4 is 11.6 Å². The normalized spacial score (nSPS) is 25.4. The highest BCUT2D eigenvalue weighted by molar-refractivity contribution is 6.30. The molecule has 3 heteroatoms. The molecule has 1 aliphatic carbocycles. The lowest BCUT2D eigenvalue weighted by atomic mass is 9.87. The SMILES string of the molecule is CCC(NC1CC(OC)C1)c1cccc(Cl)c1. The topological polar surface area (TPSA) is 21.3 Å². The van der Waals surface area contributed by atoms with Gasteiger partial charge in [-0.05, 0) is 37.0 Å². The van der Waals surface area contributed by atoms with Crippen molar-refractivity contribution < 1.29 is 4.74 Å².